The highest BCUT2D eigenvalue weighted by molar-refractivity contribution is 9.10. The molecule has 5 heteroatoms. The van der Waals surface area contributed by atoms with Gasteiger partial charge in [0, 0.05) is 11.0 Å². The van der Waals surface area contributed by atoms with Gasteiger partial charge in [0.05, 0.1) is 6.54 Å². The molecule has 0 amide bonds. The predicted molar refractivity (Wildman–Crippen MR) is 80.8 cm³/mol. The van der Waals surface area contributed by atoms with Crippen molar-refractivity contribution >= 4 is 15.9 Å². The van der Waals surface area contributed by atoms with Gasteiger partial charge in [0.1, 0.15) is 30.0 Å². The first-order valence-electron chi connectivity index (χ1n) is 6.46. The zero-order valence-corrected chi connectivity index (χ0v) is 12.9. The molecule has 2 aromatic rings. The molecule has 0 spiro atoms. The molecule has 1 heterocycles. The standard InChI is InChI=1S/C15H18BrNO3/c1-11-2-5-15(20-11)9-17-8-13(18)10-19-14-6-3-12(16)4-7-14/h2-7,13,17-18H,8-10H2,1H3. The van der Waals surface area contributed by atoms with Crippen LogP contribution in [0.2, 0.25) is 0 Å². The van der Waals surface area contributed by atoms with Gasteiger partial charge in [-0.1, -0.05) is 15.9 Å². The van der Waals surface area contributed by atoms with E-state index in [0.717, 1.165) is 21.7 Å². The molecule has 2 rings (SSSR count). The third kappa shape index (κ3) is 5.00. The van der Waals surface area contributed by atoms with Gasteiger partial charge in [-0.25, -0.2) is 0 Å². The quantitative estimate of drug-likeness (QED) is 0.814. The Bertz CT molecular complexity index is 524. The summed E-state index contributed by atoms with van der Waals surface area (Å²) in [6.07, 6.45) is -0.560. The molecular weight excluding hydrogens is 322 g/mol. The lowest BCUT2D eigenvalue weighted by Crippen LogP contribution is -2.31. The molecule has 1 aromatic carbocycles. The number of furan rings is 1. The summed E-state index contributed by atoms with van der Waals surface area (Å²) in [6, 6.07) is 11.4. The van der Waals surface area contributed by atoms with Gasteiger partial charge in [-0.05, 0) is 43.3 Å². The second kappa shape index (κ2) is 7.47. The van der Waals surface area contributed by atoms with Gasteiger partial charge in [0.2, 0.25) is 0 Å². The summed E-state index contributed by atoms with van der Waals surface area (Å²) in [5.41, 5.74) is 0. The third-order valence-electron chi connectivity index (χ3n) is 2.73. The van der Waals surface area contributed by atoms with Crippen LogP contribution in [0, 0.1) is 6.92 Å². The smallest absolute Gasteiger partial charge is 0.119 e. The molecule has 0 saturated heterocycles. The van der Waals surface area contributed by atoms with Gasteiger partial charge in [-0.2, -0.15) is 0 Å². The van der Waals surface area contributed by atoms with Crippen LogP contribution >= 0.6 is 15.9 Å². The molecule has 0 saturated carbocycles. The van der Waals surface area contributed by atoms with Crippen molar-refractivity contribution in [1.29, 1.82) is 0 Å². The van der Waals surface area contributed by atoms with Crippen molar-refractivity contribution in [3.05, 3.63) is 52.4 Å². The minimum absolute atomic E-state index is 0.256. The lowest BCUT2D eigenvalue weighted by Gasteiger charge is -2.12. The van der Waals surface area contributed by atoms with Gasteiger partial charge >= 0.3 is 0 Å². The molecule has 0 aliphatic carbocycles. The normalized spacial score (nSPS) is 12.3. The van der Waals surface area contributed by atoms with E-state index in [0.29, 0.717) is 13.1 Å². The van der Waals surface area contributed by atoms with E-state index in [-0.39, 0.29) is 6.61 Å². The fraction of sp³-hybridized carbons (Fsp3) is 0.333. The fourth-order valence-electron chi connectivity index (χ4n) is 1.72. The van der Waals surface area contributed by atoms with Crippen molar-refractivity contribution in [2.45, 2.75) is 19.6 Å². The summed E-state index contributed by atoms with van der Waals surface area (Å²) in [5.74, 6) is 2.50. The first-order chi connectivity index (χ1) is 9.63. The SMILES string of the molecule is Cc1ccc(CNCC(O)COc2ccc(Br)cc2)o1. The molecule has 1 unspecified atom stereocenters. The van der Waals surface area contributed by atoms with Gasteiger partial charge in [0.25, 0.3) is 0 Å². The second-order valence-corrected chi connectivity index (χ2v) is 5.48. The van der Waals surface area contributed by atoms with Crippen LogP contribution in [0.4, 0.5) is 0 Å². The Morgan fingerprint density at radius 3 is 2.65 bits per heavy atom. The largest absolute Gasteiger partial charge is 0.491 e. The van der Waals surface area contributed by atoms with Crippen molar-refractivity contribution < 1.29 is 14.3 Å². The van der Waals surface area contributed by atoms with Gasteiger partial charge < -0.3 is 19.6 Å². The zero-order valence-electron chi connectivity index (χ0n) is 11.3. The Labute approximate surface area is 126 Å². The number of benzene rings is 1. The van der Waals surface area contributed by atoms with Crippen LogP contribution in [0.3, 0.4) is 0 Å². The Hall–Kier alpha value is -1.30. The van der Waals surface area contributed by atoms with Crippen LogP contribution in [0.25, 0.3) is 0 Å². The summed E-state index contributed by atoms with van der Waals surface area (Å²) < 4.78 is 11.9. The number of hydrogen-bond donors (Lipinski definition) is 2. The van der Waals surface area contributed by atoms with Crippen molar-refractivity contribution in [2.24, 2.45) is 0 Å². The summed E-state index contributed by atoms with van der Waals surface area (Å²) in [6.45, 7) is 3.22. The number of rotatable bonds is 7. The first-order valence-corrected chi connectivity index (χ1v) is 7.25. The number of halogens is 1. The van der Waals surface area contributed by atoms with E-state index >= 15 is 0 Å². The van der Waals surface area contributed by atoms with E-state index in [2.05, 4.69) is 21.2 Å². The highest BCUT2D eigenvalue weighted by atomic mass is 79.9. The summed E-state index contributed by atoms with van der Waals surface area (Å²) in [5, 5.41) is 12.9. The number of aliphatic hydroxyl groups is 1. The van der Waals surface area contributed by atoms with Crippen molar-refractivity contribution in [2.75, 3.05) is 13.2 Å². The van der Waals surface area contributed by atoms with Crippen LogP contribution < -0.4 is 10.1 Å². The highest BCUT2D eigenvalue weighted by Crippen LogP contribution is 2.16. The monoisotopic (exact) mass is 339 g/mol. The molecule has 0 aliphatic rings. The Balaban J connectivity index is 1.65. The van der Waals surface area contributed by atoms with Crippen LogP contribution in [-0.4, -0.2) is 24.4 Å². The molecule has 0 radical (unpaired) electrons. The number of aliphatic hydroxyl groups excluding tert-OH is 1. The molecule has 4 nitrogen and oxygen atoms in total. The van der Waals surface area contributed by atoms with E-state index < -0.39 is 6.10 Å². The van der Waals surface area contributed by atoms with Crippen molar-refractivity contribution in [3.8, 4) is 5.75 Å². The summed E-state index contributed by atoms with van der Waals surface area (Å²) in [4.78, 5) is 0. The number of nitrogens with one attached hydrogen (secondary N) is 1. The Morgan fingerprint density at radius 2 is 2.00 bits per heavy atom. The van der Waals surface area contributed by atoms with Crippen LogP contribution in [0.1, 0.15) is 11.5 Å². The van der Waals surface area contributed by atoms with E-state index in [4.69, 9.17) is 9.15 Å². The Morgan fingerprint density at radius 1 is 1.25 bits per heavy atom. The molecule has 1 aromatic heterocycles. The average molecular weight is 340 g/mol. The molecule has 2 N–H and O–H groups in total. The van der Waals surface area contributed by atoms with Crippen LogP contribution in [-0.2, 0) is 6.54 Å². The Kier molecular flexibility index (Phi) is 5.64. The van der Waals surface area contributed by atoms with Crippen molar-refractivity contribution in [1.82, 2.24) is 5.32 Å². The van der Waals surface area contributed by atoms with Gasteiger partial charge in [-0.15, -0.1) is 0 Å². The van der Waals surface area contributed by atoms with Gasteiger partial charge in [0.15, 0.2) is 0 Å². The molecule has 20 heavy (non-hydrogen) atoms. The van der Waals surface area contributed by atoms with E-state index in [9.17, 15) is 5.11 Å². The van der Waals surface area contributed by atoms with E-state index in [1.165, 1.54) is 0 Å². The van der Waals surface area contributed by atoms with E-state index in [1.807, 2.05) is 43.3 Å². The number of ether oxygens (including phenoxy) is 1. The minimum atomic E-state index is -0.560. The highest BCUT2D eigenvalue weighted by Gasteiger charge is 2.06. The van der Waals surface area contributed by atoms with E-state index in [1.54, 1.807) is 0 Å². The second-order valence-electron chi connectivity index (χ2n) is 4.56. The van der Waals surface area contributed by atoms with Crippen LogP contribution in [0.15, 0.2) is 45.3 Å². The summed E-state index contributed by atoms with van der Waals surface area (Å²) in [7, 11) is 0. The minimum Gasteiger partial charge on any atom is -0.491 e. The summed E-state index contributed by atoms with van der Waals surface area (Å²) >= 11 is 3.36. The maximum Gasteiger partial charge on any atom is 0.119 e. The third-order valence-corrected chi connectivity index (χ3v) is 3.26. The number of aryl methyl sites for hydroxylation is 1. The predicted octanol–water partition coefficient (Wildman–Crippen LogP) is 2.88. The fourth-order valence-corrected chi connectivity index (χ4v) is 1.99. The molecule has 0 aliphatic heterocycles. The molecular formula is C15H18BrNO3. The lowest BCUT2D eigenvalue weighted by molar-refractivity contribution is 0.105. The van der Waals surface area contributed by atoms with Gasteiger partial charge in [-0.3, -0.25) is 0 Å². The molecule has 0 bridgehead atoms. The average Bonchev–Trinajstić information content (AvgIpc) is 2.84. The zero-order chi connectivity index (χ0) is 14.4. The topological polar surface area (TPSA) is 54.6 Å². The lowest BCUT2D eigenvalue weighted by atomic mass is 10.3. The van der Waals surface area contributed by atoms with Crippen molar-refractivity contribution in [3.63, 3.8) is 0 Å². The number of hydrogen-bond acceptors (Lipinski definition) is 4. The molecule has 0 fully saturated rings. The molecule has 1 atom stereocenters. The van der Waals surface area contributed by atoms with Crippen LogP contribution in [0.5, 0.6) is 5.75 Å². The molecule has 108 valence electrons. The first kappa shape index (κ1) is 15.1. The maximum absolute atomic E-state index is 9.82. The maximum atomic E-state index is 9.82.